The second-order valence-corrected chi connectivity index (χ2v) is 8.68. The number of non-ortho nitro benzene ring substituents is 1. The lowest BCUT2D eigenvalue weighted by atomic mass is 10.0. The van der Waals surface area contributed by atoms with Crippen LogP contribution in [0.1, 0.15) is 22.8 Å². The van der Waals surface area contributed by atoms with E-state index in [1.165, 1.54) is 38.5 Å². The number of esters is 1. The molecule has 0 unspecified atom stereocenters. The fourth-order valence-electron chi connectivity index (χ4n) is 3.21. The standard InChI is InChI=1S/C24H21BrN2O7S/c1-4-34-24(29)21-17(15-6-5-7-16(12-15)27(30)31)13-35-23(21)26-20(28)9-8-14-10-18(25)22(33-3)19(11-14)32-2/h5-13H,4H2,1-3H3,(H,26,28)/b9-8+. The number of carbonyl (C=O) groups excluding carboxylic acids is 2. The van der Waals surface area contributed by atoms with Crippen LogP contribution < -0.4 is 14.8 Å². The number of methoxy groups -OCH3 is 2. The second-order valence-electron chi connectivity index (χ2n) is 6.94. The quantitative estimate of drug-likeness (QED) is 0.149. The number of nitro benzene ring substituents is 1. The number of hydrogen-bond acceptors (Lipinski definition) is 8. The first-order chi connectivity index (χ1) is 16.8. The molecule has 0 spiro atoms. The molecular weight excluding hydrogens is 540 g/mol. The van der Waals surface area contributed by atoms with Crippen LogP contribution in [0.15, 0.2) is 52.3 Å². The van der Waals surface area contributed by atoms with Crippen LogP contribution in [0.25, 0.3) is 17.2 Å². The molecule has 1 aromatic heterocycles. The molecule has 2 aromatic carbocycles. The zero-order valence-electron chi connectivity index (χ0n) is 19.0. The lowest BCUT2D eigenvalue weighted by Gasteiger charge is -2.10. The number of nitrogens with zero attached hydrogens (tertiary/aromatic N) is 1. The van der Waals surface area contributed by atoms with Gasteiger partial charge in [0.1, 0.15) is 10.6 Å². The third kappa shape index (κ3) is 6.06. The summed E-state index contributed by atoms with van der Waals surface area (Å²) in [6.45, 7) is 1.80. The van der Waals surface area contributed by atoms with Crippen molar-refractivity contribution >= 4 is 55.9 Å². The van der Waals surface area contributed by atoms with Gasteiger partial charge in [0, 0.05) is 29.2 Å². The summed E-state index contributed by atoms with van der Waals surface area (Å²) in [5.74, 6) is -0.0981. The first-order valence-electron chi connectivity index (χ1n) is 10.2. The summed E-state index contributed by atoms with van der Waals surface area (Å²) < 4.78 is 16.4. The number of thiophene rings is 1. The molecule has 182 valence electrons. The van der Waals surface area contributed by atoms with Crippen molar-refractivity contribution in [3.63, 3.8) is 0 Å². The summed E-state index contributed by atoms with van der Waals surface area (Å²) in [7, 11) is 3.03. The molecule has 9 nitrogen and oxygen atoms in total. The van der Waals surface area contributed by atoms with Crippen LogP contribution in [0.4, 0.5) is 10.7 Å². The molecule has 1 amide bonds. The Bertz CT molecular complexity index is 1300. The summed E-state index contributed by atoms with van der Waals surface area (Å²) in [6.07, 6.45) is 2.90. The number of amides is 1. The number of ether oxygens (including phenoxy) is 3. The fraction of sp³-hybridized carbons (Fsp3) is 0.167. The molecule has 1 N–H and O–H groups in total. The van der Waals surface area contributed by atoms with Gasteiger partial charge in [0.15, 0.2) is 11.5 Å². The first-order valence-corrected chi connectivity index (χ1v) is 11.9. The lowest BCUT2D eigenvalue weighted by molar-refractivity contribution is -0.384. The van der Waals surface area contributed by atoms with Crippen molar-refractivity contribution < 1.29 is 28.7 Å². The van der Waals surface area contributed by atoms with E-state index in [9.17, 15) is 19.7 Å². The predicted octanol–water partition coefficient (Wildman–Crippen LogP) is 5.93. The molecule has 1 heterocycles. The van der Waals surface area contributed by atoms with Crippen molar-refractivity contribution in [3.05, 3.63) is 73.6 Å². The Hall–Kier alpha value is -3.70. The molecule has 3 rings (SSSR count). The molecule has 0 saturated carbocycles. The van der Waals surface area contributed by atoms with Crippen LogP contribution in [0.3, 0.4) is 0 Å². The van der Waals surface area contributed by atoms with Gasteiger partial charge >= 0.3 is 5.97 Å². The topological polar surface area (TPSA) is 117 Å². The van der Waals surface area contributed by atoms with E-state index in [2.05, 4.69) is 21.2 Å². The van der Waals surface area contributed by atoms with Crippen molar-refractivity contribution in [1.82, 2.24) is 0 Å². The average molecular weight is 561 g/mol. The van der Waals surface area contributed by atoms with Crippen molar-refractivity contribution in [2.75, 3.05) is 26.1 Å². The van der Waals surface area contributed by atoms with Gasteiger partial charge in [0.25, 0.3) is 5.69 Å². The largest absolute Gasteiger partial charge is 0.493 e. The lowest BCUT2D eigenvalue weighted by Crippen LogP contribution is -2.12. The normalized spacial score (nSPS) is 10.7. The van der Waals surface area contributed by atoms with Crippen molar-refractivity contribution in [3.8, 4) is 22.6 Å². The molecule has 11 heteroatoms. The highest BCUT2D eigenvalue weighted by Crippen LogP contribution is 2.38. The summed E-state index contributed by atoms with van der Waals surface area (Å²) in [5.41, 5.74) is 1.59. The highest BCUT2D eigenvalue weighted by atomic mass is 79.9. The van der Waals surface area contributed by atoms with E-state index in [-0.39, 0.29) is 22.9 Å². The molecule has 0 atom stereocenters. The van der Waals surface area contributed by atoms with E-state index in [1.807, 2.05) is 0 Å². The number of rotatable bonds is 9. The van der Waals surface area contributed by atoms with Gasteiger partial charge in [-0.05, 0) is 52.2 Å². The number of nitro groups is 1. The van der Waals surface area contributed by atoms with Gasteiger partial charge in [0.2, 0.25) is 5.91 Å². The van der Waals surface area contributed by atoms with E-state index in [0.717, 1.165) is 11.3 Å². The smallest absolute Gasteiger partial charge is 0.341 e. The Morgan fingerprint density at radius 3 is 2.63 bits per heavy atom. The van der Waals surface area contributed by atoms with Crippen molar-refractivity contribution in [2.45, 2.75) is 6.92 Å². The van der Waals surface area contributed by atoms with Crippen molar-refractivity contribution in [1.29, 1.82) is 0 Å². The minimum Gasteiger partial charge on any atom is -0.493 e. The van der Waals surface area contributed by atoms with E-state index in [1.54, 1.807) is 36.6 Å². The molecule has 0 aliphatic carbocycles. The number of carbonyl (C=O) groups is 2. The Kier molecular flexibility index (Phi) is 8.61. The maximum atomic E-state index is 12.7. The molecule has 0 aliphatic rings. The van der Waals surface area contributed by atoms with Gasteiger partial charge in [0.05, 0.1) is 30.2 Å². The molecule has 3 aromatic rings. The minimum atomic E-state index is -0.640. The van der Waals surface area contributed by atoms with Crippen molar-refractivity contribution in [2.24, 2.45) is 0 Å². The Labute approximate surface area is 213 Å². The average Bonchev–Trinajstić information content (AvgIpc) is 3.26. The van der Waals surface area contributed by atoms with Gasteiger partial charge in [-0.15, -0.1) is 11.3 Å². The van der Waals surface area contributed by atoms with Gasteiger partial charge < -0.3 is 19.5 Å². The highest BCUT2D eigenvalue weighted by Gasteiger charge is 2.23. The number of halogens is 1. The van der Waals surface area contributed by atoms with Crippen LogP contribution in [0, 0.1) is 10.1 Å². The van der Waals surface area contributed by atoms with Gasteiger partial charge in [-0.25, -0.2) is 4.79 Å². The maximum absolute atomic E-state index is 12.7. The van der Waals surface area contributed by atoms with Crippen LogP contribution in [0.2, 0.25) is 0 Å². The van der Waals surface area contributed by atoms with E-state index in [0.29, 0.717) is 32.7 Å². The zero-order chi connectivity index (χ0) is 25.5. The monoisotopic (exact) mass is 560 g/mol. The number of nitrogens with one attached hydrogen (secondary N) is 1. The summed E-state index contributed by atoms with van der Waals surface area (Å²) >= 11 is 4.53. The highest BCUT2D eigenvalue weighted by molar-refractivity contribution is 9.10. The minimum absolute atomic E-state index is 0.113. The first kappa shape index (κ1) is 25.9. The Balaban J connectivity index is 1.91. The number of anilines is 1. The Morgan fingerprint density at radius 1 is 1.20 bits per heavy atom. The number of benzene rings is 2. The zero-order valence-corrected chi connectivity index (χ0v) is 21.4. The Morgan fingerprint density at radius 2 is 1.97 bits per heavy atom. The molecular formula is C24H21BrN2O7S. The predicted molar refractivity (Wildman–Crippen MR) is 137 cm³/mol. The summed E-state index contributed by atoms with van der Waals surface area (Å²) in [5, 5.41) is 15.8. The molecule has 0 bridgehead atoms. The van der Waals surface area contributed by atoms with E-state index < -0.39 is 16.8 Å². The second kappa shape index (κ2) is 11.6. The molecule has 35 heavy (non-hydrogen) atoms. The van der Waals surface area contributed by atoms with Gasteiger partial charge in [-0.3, -0.25) is 14.9 Å². The maximum Gasteiger partial charge on any atom is 0.341 e. The van der Waals surface area contributed by atoms with Gasteiger partial charge in [-0.2, -0.15) is 0 Å². The third-order valence-corrected chi connectivity index (χ3v) is 6.24. The van der Waals surface area contributed by atoms with Gasteiger partial charge in [-0.1, -0.05) is 12.1 Å². The number of hydrogen-bond donors (Lipinski definition) is 1. The van der Waals surface area contributed by atoms with E-state index in [4.69, 9.17) is 14.2 Å². The molecule has 0 saturated heterocycles. The van der Waals surface area contributed by atoms with E-state index >= 15 is 0 Å². The SMILES string of the molecule is CCOC(=O)c1c(-c2cccc([N+](=O)[O-])c2)csc1NC(=O)/C=C/c1cc(Br)c(OC)c(OC)c1. The summed E-state index contributed by atoms with van der Waals surface area (Å²) in [6, 6.07) is 9.38. The van der Waals surface area contributed by atoms with Crippen LogP contribution in [-0.2, 0) is 9.53 Å². The molecule has 0 fully saturated rings. The molecule has 0 radical (unpaired) electrons. The summed E-state index contributed by atoms with van der Waals surface area (Å²) in [4.78, 5) is 36.1. The van der Waals surface area contributed by atoms with Crippen LogP contribution in [0.5, 0.6) is 11.5 Å². The third-order valence-electron chi connectivity index (χ3n) is 4.76. The van der Waals surface area contributed by atoms with Crippen LogP contribution in [-0.4, -0.2) is 37.6 Å². The van der Waals surface area contributed by atoms with Crippen LogP contribution >= 0.6 is 27.3 Å². The molecule has 0 aliphatic heterocycles. The fourth-order valence-corrected chi connectivity index (χ4v) is 4.80.